The molecule has 3 rings (SSSR count). The molecule has 2 bridgehead atoms. The molecule has 0 amide bonds. The van der Waals surface area contributed by atoms with Gasteiger partial charge in [0.1, 0.15) is 0 Å². The monoisotopic (exact) mass is 179 g/mol. The summed E-state index contributed by atoms with van der Waals surface area (Å²) in [5, 5.41) is 0. The standard InChI is InChI=1S/C11H17NO/c1-3-12-6-8-9-4-5-10(13-9)11(8)7(12)2/h4-5,7-11H,3,6H2,1-2H3. The smallest absolute Gasteiger partial charge is 0.0812 e. The van der Waals surface area contributed by atoms with Gasteiger partial charge in [0.25, 0.3) is 0 Å². The Bertz CT molecular complexity index is 250. The highest BCUT2D eigenvalue weighted by molar-refractivity contribution is 5.19. The molecule has 3 aliphatic heterocycles. The van der Waals surface area contributed by atoms with E-state index in [4.69, 9.17) is 4.74 Å². The molecular weight excluding hydrogens is 162 g/mol. The first-order valence-corrected chi connectivity index (χ1v) is 5.39. The second-order valence-electron chi connectivity index (χ2n) is 4.52. The van der Waals surface area contributed by atoms with Crippen molar-refractivity contribution in [3.8, 4) is 0 Å². The van der Waals surface area contributed by atoms with Crippen molar-refractivity contribution >= 4 is 0 Å². The summed E-state index contributed by atoms with van der Waals surface area (Å²) in [6.45, 7) is 7.04. The molecule has 0 radical (unpaired) electrons. The maximum absolute atomic E-state index is 5.86. The van der Waals surface area contributed by atoms with Crippen molar-refractivity contribution in [2.75, 3.05) is 13.1 Å². The van der Waals surface area contributed by atoms with Crippen LogP contribution in [0.1, 0.15) is 13.8 Å². The molecular formula is C11H17NO. The molecule has 0 N–H and O–H groups in total. The Labute approximate surface area is 79.6 Å². The summed E-state index contributed by atoms with van der Waals surface area (Å²) >= 11 is 0. The number of rotatable bonds is 1. The quantitative estimate of drug-likeness (QED) is 0.562. The van der Waals surface area contributed by atoms with Gasteiger partial charge in [0.05, 0.1) is 12.2 Å². The summed E-state index contributed by atoms with van der Waals surface area (Å²) in [5.41, 5.74) is 0. The van der Waals surface area contributed by atoms with E-state index in [1.807, 2.05) is 0 Å². The van der Waals surface area contributed by atoms with Gasteiger partial charge in [0, 0.05) is 24.4 Å². The molecule has 0 aliphatic carbocycles. The molecule has 5 unspecified atom stereocenters. The molecule has 2 fully saturated rings. The Balaban J connectivity index is 1.88. The van der Waals surface area contributed by atoms with E-state index in [1.54, 1.807) is 0 Å². The van der Waals surface area contributed by atoms with Crippen LogP contribution < -0.4 is 0 Å². The van der Waals surface area contributed by atoms with Crippen molar-refractivity contribution in [3.05, 3.63) is 12.2 Å². The number of hydrogen-bond donors (Lipinski definition) is 0. The number of likely N-dealkylation sites (tertiary alicyclic amines) is 1. The van der Waals surface area contributed by atoms with Crippen LogP contribution in [0.15, 0.2) is 12.2 Å². The lowest BCUT2D eigenvalue weighted by Crippen LogP contribution is -2.33. The fraction of sp³-hybridized carbons (Fsp3) is 0.818. The molecule has 5 atom stereocenters. The second kappa shape index (κ2) is 2.58. The molecule has 0 aromatic heterocycles. The molecule has 2 saturated heterocycles. The Morgan fingerprint density at radius 3 is 2.85 bits per heavy atom. The van der Waals surface area contributed by atoms with Crippen molar-refractivity contribution in [1.29, 1.82) is 0 Å². The highest BCUT2D eigenvalue weighted by atomic mass is 16.5. The zero-order chi connectivity index (χ0) is 9.00. The van der Waals surface area contributed by atoms with Crippen molar-refractivity contribution in [2.24, 2.45) is 11.8 Å². The van der Waals surface area contributed by atoms with Gasteiger partial charge in [-0.3, -0.25) is 0 Å². The van der Waals surface area contributed by atoms with Crippen LogP contribution in [0.3, 0.4) is 0 Å². The molecule has 0 aromatic carbocycles. The van der Waals surface area contributed by atoms with E-state index in [2.05, 4.69) is 30.9 Å². The van der Waals surface area contributed by atoms with Gasteiger partial charge in [-0.1, -0.05) is 19.1 Å². The Kier molecular flexibility index (Phi) is 1.59. The first-order chi connectivity index (χ1) is 6.31. The van der Waals surface area contributed by atoms with Crippen LogP contribution >= 0.6 is 0 Å². The van der Waals surface area contributed by atoms with E-state index in [0.29, 0.717) is 12.2 Å². The number of hydrogen-bond acceptors (Lipinski definition) is 2. The van der Waals surface area contributed by atoms with E-state index in [0.717, 1.165) is 17.9 Å². The molecule has 3 aliphatic rings. The van der Waals surface area contributed by atoms with Crippen molar-refractivity contribution in [1.82, 2.24) is 4.90 Å². The Morgan fingerprint density at radius 2 is 2.15 bits per heavy atom. The first kappa shape index (κ1) is 8.01. The minimum atomic E-state index is 0.432. The van der Waals surface area contributed by atoms with Crippen LogP contribution in [0.4, 0.5) is 0 Å². The van der Waals surface area contributed by atoms with Crippen molar-refractivity contribution < 1.29 is 4.74 Å². The van der Waals surface area contributed by atoms with Gasteiger partial charge < -0.3 is 9.64 Å². The van der Waals surface area contributed by atoms with Crippen LogP contribution in [0.25, 0.3) is 0 Å². The third kappa shape index (κ3) is 0.906. The lowest BCUT2D eigenvalue weighted by molar-refractivity contribution is 0.0741. The lowest BCUT2D eigenvalue weighted by atomic mass is 9.83. The number of nitrogens with zero attached hydrogens (tertiary/aromatic N) is 1. The van der Waals surface area contributed by atoms with Gasteiger partial charge in [-0.15, -0.1) is 0 Å². The van der Waals surface area contributed by atoms with E-state index in [1.165, 1.54) is 13.1 Å². The SMILES string of the molecule is CCN1CC2C3C=CC(O3)C2C1C. The largest absolute Gasteiger partial charge is 0.366 e. The molecule has 0 aromatic rings. The van der Waals surface area contributed by atoms with Crippen LogP contribution in [0, 0.1) is 11.8 Å². The molecule has 0 spiro atoms. The highest BCUT2D eigenvalue weighted by Gasteiger charge is 2.53. The van der Waals surface area contributed by atoms with Gasteiger partial charge >= 0.3 is 0 Å². The highest BCUT2D eigenvalue weighted by Crippen LogP contribution is 2.46. The average Bonchev–Trinajstić information content (AvgIpc) is 2.76. The Morgan fingerprint density at radius 1 is 1.38 bits per heavy atom. The zero-order valence-electron chi connectivity index (χ0n) is 8.31. The fourth-order valence-corrected chi connectivity index (χ4v) is 3.37. The minimum absolute atomic E-state index is 0.432. The van der Waals surface area contributed by atoms with Gasteiger partial charge in [-0.25, -0.2) is 0 Å². The summed E-state index contributed by atoms with van der Waals surface area (Å²) < 4.78 is 5.86. The zero-order valence-corrected chi connectivity index (χ0v) is 8.31. The summed E-state index contributed by atoms with van der Waals surface area (Å²) in [4.78, 5) is 2.59. The van der Waals surface area contributed by atoms with Crippen LogP contribution in [-0.2, 0) is 4.74 Å². The topological polar surface area (TPSA) is 12.5 Å². The normalized spacial score (nSPS) is 53.2. The van der Waals surface area contributed by atoms with Gasteiger partial charge in [0.15, 0.2) is 0 Å². The van der Waals surface area contributed by atoms with Crippen molar-refractivity contribution in [3.63, 3.8) is 0 Å². The van der Waals surface area contributed by atoms with Gasteiger partial charge in [-0.2, -0.15) is 0 Å². The maximum atomic E-state index is 5.86. The van der Waals surface area contributed by atoms with Gasteiger partial charge in [-0.05, 0) is 13.5 Å². The molecule has 0 saturated carbocycles. The fourth-order valence-electron chi connectivity index (χ4n) is 3.37. The molecule has 2 nitrogen and oxygen atoms in total. The number of ether oxygens (including phenoxy) is 1. The van der Waals surface area contributed by atoms with Crippen molar-refractivity contribution in [2.45, 2.75) is 32.1 Å². The summed E-state index contributed by atoms with van der Waals surface area (Å²) in [5.74, 6) is 1.56. The summed E-state index contributed by atoms with van der Waals surface area (Å²) in [7, 11) is 0. The average molecular weight is 179 g/mol. The van der Waals surface area contributed by atoms with Gasteiger partial charge in [0.2, 0.25) is 0 Å². The third-order valence-electron chi connectivity index (χ3n) is 4.08. The summed E-state index contributed by atoms with van der Waals surface area (Å²) in [6.07, 6.45) is 5.40. The van der Waals surface area contributed by atoms with E-state index in [9.17, 15) is 0 Å². The third-order valence-corrected chi connectivity index (χ3v) is 4.08. The predicted octanol–water partition coefficient (Wildman–Crippen LogP) is 1.28. The molecule has 3 heterocycles. The predicted molar refractivity (Wildman–Crippen MR) is 51.5 cm³/mol. The van der Waals surface area contributed by atoms with Crippen LogP contribution in [0.5, 0.6) is 0 Å². The van der Waals surface area contributed by atoms with Crippen LogP contribution in [-0.4, -0.2) is 36.2 Å². The molecule has 2 heteroatoms. The minimum Gasteiger partial charge on any atom is -0.366 e. The van der Waals surface area contributed by atoms with E-state index >= 15 is 0 Å². The lowest BCUT2D eigenvalue weighted by Gasteiger charge is -2.24. The Hall–Kier alpha value is -0.340. The second-order valence-corrected chi connectivity index (χ2v) is 4.52. The molecule has 13 heavy (non-hydrogen) atoms. The van der Waals surface area contributed by atoms with E-state index in [-0.39, 0.29) is 0 Å². The maximum Gasteiger partial charge on any atom is 0.0812 e. The summed E-state index contributed by atoms with van der Waals surface area (Å²) in [6, 6.07) is 0.718. The number of fused-ring (bicyclic) bond motifs is 5. The first-order valence-electron chi connectivity index (χ1n) is 5.39. The molecule has 72 valence electrons. The van der Waals surface area contributed by atoms with Crippen LogP contribution in [0.2, 0.25) is 0 Å². The van der Waals surface area contributed by atoms with E-state index < -0.39 is 0 Å².